The van der Waals surface area contributed by atoms with Crippen molar-refractivity contribution >= 4 is 27.3 Å². The number of nitrogens with zero attached hydrogens (tertiary/aromatic N) is 1. The number of hydrogen-bond donors (Lipinski definition) is 0. The lowest BCUT2D eigenvalue weighted by Gasteiger charge is -2.18. The van der Waals surface area contributed by atoms with E-state index in [2.05, 4.69) is 66.0 Å². The van der Waals surface area contributed by atoms with Crippen molar-refractivity contribution in [2.75, 3.05) is 0 Å². The number of benzene rings is 1. The fourth-order valence-electron chi connectivity index (χ4n) is 1.55. The lowest BCUT2D eigenvalue weighted by molar-refractivity contribution is 0.590. The predicted octanol–water partition coefficient (Wildman–Crippen LogP) is 4.87. The molecule has 0 atom stereocenters. The van der Waals surface area contributed by atoms with Crippen molar-refractivity contribution in [2.45, 2.75) is 26.2 Å². The predicted molar refractivity (Wildman–Crippen MR) is 74.0 cm³/mol. The summed E-state index contributed by atoms with van der Waals surface area (Å²) in [6.45, 7) is 6.67. The summed E-state index contributed by atoms with van der Waals surface area (Å²) in [5.74, 6) is 0. The SMILES string of the molecule is CC(C)(C)c1ccc(-c2ncsc2Br)cc1. The molecule has 0 amide bonds. The summed E-state index contributed by atoms with van der Waals surface area (Å²) in [5.41, 5.74) is 5.61. The largest absolute Gasteiger partial charge is 0.243 e. The Morgan fingerprint density at radius 2 is 1.75 bits per heavy atom. The van der Waals surface area contributed by atoms with Gasteiger partial charge in [-0.15, -0.1) is 11.3 Å². The molecule has 84 valence electrons. The van der Waals surface area contributed by atoms with E-state index in [1.165, 1.54) is 11.1 Å². The molecule has 1 aromatic carbocycles. The van der Waals surface area contributed by atoms with Gasteiger partial charge in [0.25, 0.3) is 0 Å². The summed E-state index contributed by atoms with van der Waals surface area (Å²) in [7, 11) is 0. The van der Waals surface area contributed by atoms with Gasteiger partial charge in [0.15, 0.2) is 0 Å². The van der Waals surface area contributed by atoms with Gasteiger partial charge in [-0.1, -0.05) is 45.0 Å². The summed E-state index contributed by atoms with van der Waals surface area (Å²) in [4.78, 5) is 4.35. The summed E-state index contributed by atoms with van der Waals surface area (Å²) in [6.07, 6.45) is 0. The summed E-state index contributed by atoms with van der Waals surface area (Å²) >= 11 is 5.13. The van der Waals surface area contributed by atoms with Crippen LogP contribution in [0.4, 0.5) is 0 Å². The molecule has 1 heterocycles. The Kier molecular flexibility index (Phi) is 3.17. The molecule has 0 N–H and O–H groups in total. The molecular formula is C13H14BrNS. The van der Waals surface area contributed by atoms with E-state index in [0.29, 0.717) is 0 Å². The molecule has 2 aromatic rings. The van der Waals surface area contributed by atoms with Gasteiger partial charge < -0.3 is 0 Å². The molecule has 0 aliphatic carbocycles. The quantitative estimate of drug-likeness (QED) is 0.731. The molecule has 0 spiro atoms. The van der Waals surface area contributed by atoms with Gasteiger partial charge in [-0.25, -0.2) is 4.98 Å². The standard InChI is InChI=1S/C13H14BrNS/c1-13(2,3)10-6-4-9(5-7-10)11-12(14)16-8-15-11/h4-8H,1-3H3. The molecule has 0 aliphatic heterocycles. The number of hydrogen-bond acceptors (Lipinski definition) is 2. The Morgan fingerprint density at radius 1 is 1.12 bits per heavy atom. The maximum Gasteiger partial charge on any atom is 0.0976 e. The van der Waals surface area contributed by atoms with Gasteiger partial charge in [0.05, 0.1) is 15.0 Å². The van der Waals surface area contributed by atoms with E-state index in [1.807, 2.05) is 5.51 Å². The van der Waals surface area contributed by atoms with Crippen LogP contribution in [0.2, 0.25) is 0 Å². The molecule has 0 saturated heterocycles. The monoisotopic (exact) mass is 295 g/mol. The van der Waals surface area contributed by atoms with Crippen molar-refractivity contribution in [1.82, 2.24) is 4.98 Å². The minimum absolute atomic E-state index is 0.206. The number of rotatable bonds is 1. The maximum absolute atomic E-state index is 4.35. The highest BCUT2D eigenvalue weighted by Crippen LogP contribution is 2.31. The number of halogens is 1. The molecular weight excluding hydrogens is 282 g/mol. The highest BCUT2D eigenvalue weighted by Gasteiger charge is 2.14. The second-order valence-corrected chi connectivity index (χ2v) is 6.97. The lowest BCUT2D eigenvalue weighted by atomic mass is 9.86. The third kappa shape index (κ3) is 2.36. The van der Waals surface area contributed by atoms with E-state index in [1.54, 1.807) is 11.3 Å². The first-order valence-electron chi connectivity index (χ1n) is 5.18. The van der Waals surface area contributed by atoms with Crippen LogP contribution in [0.25, 0.3) is 11.3 Å². The van der Waals surface area contributed by atoms with E-state index >= 15 is 0 Å². The van der Waals surface area contributed by atoms with Crippen molar-refractivity contribution in [3.8, 4) is 11.3 Å². The highest BCUT2D eigenvalue weighted by molar-refractivity contribution is 9.11. The van der Waals surface area contributed by atoms with Crippen molar-refractivity contribution in [3.63, 3.8) is 0 Å². The Morgan fingerprint density at radius 3 is 2.19 bits per heavy atom. The molecule has 0 saturated carbocycles. The van der Waals surface area contributed by atoms with E-state index in [-0.39, 0.29) is 5.41 Å². The van der Waals surface area contributed by atoms with Crippen molar-refractivity contribution in [1.29, 1.82) is 0 Å². The Hall–Kier alpha value is -0.670. The van der Waals surface area contributed by atoms with Crippen LogP contribution in [0.5, 0.6) is 0 Å². The molecule has 1 nitrogen and oxygen atoms in total. The smallest absolute Gasteiger partial charge is 0.0976 e. The van der Waals surface area contributed by atoms with Crippen LogP contribution in [0, 0.1) is 0 Å². The average molecular weight is 296 g/mol. The second-order valence-electron chi connectivity index (χ2n) is 4.80. The van der Waals surface area contributed by atoms with Gasteiger partial charge in [0.1, 0.15) is 0 Å². The van der Waals surface area contributed by atoms with E-state index in [0.717, 1.165) is 9.48 Å². The minimum Gasteiger partial charge on any atom is -0.243 e. The van der Waals surface area contributed by atoms with Gasteiger partial charge in [0.2, 0.25) is 0 Å². The second kappa shape index (κ2) is 4.30. The fraction of sp³-hybridized carbons (Fsp3) is 0.308. The number of aromatic nitrogens is 1. The summed E-state index contributed by atoms with van der Waals surface area (Å²) in [6, 6.07) is 8.64. The maximum atomic E-state index is 4.35. The third-order valence-electron chi connectivity index (χ3n) is 2.55. The van der Waals surface area contributed by atoms with Gasteiger partial charge >= 0.3 is 0 Å². The van der Waals surface area contributed by atoms with E-state index in [9.17, 15) is 0 Å². The number of thiazole rings is 1. The Bertz CT molecular complexity index is 479. The normalized spacial score (nSPS) is 11.8. The molecule has 0 unspecified atom stereocenters. The van der Waals surface area contributed by atoms with Crippen LogP contribution >= 0.6 is 27.3 Å². The first-order chi connectivity index (χ1) is 7.48. The Labute approximate surface area is 109 Å². The molecule has 0 fully saturated rings. The van der Waals surface area contributed by atoms with Crippen LogP contribution in [0.15, 0.2) is 33.6 Å². The average Bonchev–Trinajstić information content (AvgIpc) is 2.63. The van der Waals surface area contributed by atoms with Crippen molar-refractivity contribution in [2.24, 2.45) is 0 Å². The zero-order valence-electron chi connectivity index (χ0n) is 9.62. The zero-order chi connectivity index (χ0) is 11.8. The van der Waals surface area contributed by atoms with Gasteiger partial charge in [-0.2, -0.15) is 0 Å². The molecule has 16 heavy (non-hydrogen) atoms. The molecule has 2 rings (SSSR count). The van der Waals surface area contributed by atoms with Crippen LogP contribution in [-0.4, -0.2) is 4.98 Å². The zero-order valence-corrected chi connectivity index (χ0v) is 12.0. The van der Waals surface area contributed by atoms with Crippen LogP contribution in [0.1, 0.15) is 26.3 Å². The van der Waals surface area contributed by atoms with Gasteiger partial charge in [-0.3, -0.25) is 0 Å². The van der Waals surface area contributed by atoms with E-state index in [4.69, 9.17) is 0 Å². The molecule has 0 bridgehead atoms. The van der Waals surface area contributed by atoms with Gasteiger partial charge in [0, 0.05) is 5.56 Å². The third-order valence-corrected chi connectivity index (χ3v) is 4.10. The van der Waals surface area contributed by atoms with Crippen LogP contribution in [-0.2, 0) is 5.41 Å². The lowest BCUT2D eigenvalue weighted by Crippen LogP contribution is -2.10. The molecule has 1 aromatic heterocycles. The minimum atomic E-state index is 0.206. The van der Waals surface area contributed by atoms with Crippen molar-refractivity contribution in [3.05, 3.63) is 39.1 Å². The highest BCUT2D eigenvalue weighted by atomic mass is 79.9. The van der Waals surface area contributed by atoms with Crippen LogP contribution in [0.3, 0.4) is 0 Å². The Balaban J connectivity index is 2.37. The first-order valence-corrected chi connectivity index (χ1v) is 6.85. The fourth-order valence-corrected chi connectivity index (χ4v) is 2.66. The molecule has 3 heteroatoms. The van der Waals surface area contributed by atoms with E-state index < -0.39 is 0 Å². The van der Waals surface area contributed by atoms with Crippen LogP contribution < -0.4 is 0 Å². The van der Waals surface area contributed by atoms with Gasteiger partial charge in [-0.05, 0) is 26.9 Å². The molecule has 0 radical (unpaired) electrons. The summed E-state index contributed by atoms with van der Waals surface area (Å²) in [5, 5.41) is 0. The topological polar surface area (TPSA) is 12.9 Å². The van der Waals surface area contributed by atoms with Crippen molar-refractivity contribution < 1.29 is 0 Å². The first kappa shape index (κ1) is 11.8. The summed E-state index contributed by atoms with van der Waals surface area (Å²) < 4.78 is 1.09. The molecule has 0 aliphatic rings.